The van der Waals surface area contributed by atoms with Crippen LogP contribution < -0.4 is 4.90 Å². The smallest absolute Gasteiger partial charge is 0.274 e. The monoisotopic (exact) mass is 382 g/mol. The van der Waals surface area contributed by atoms with E-state index in [1.807, 2.05) is 24.1 Å². The zero-order chi connectivity index (χ0) is 19.7. The average Bonchev–Trinajstić information content (AvgIpc) is 3.37. The molecule has 2 aromatic heterocycles. The van der Waals surface area contributed by atoms with Crippen LogP contribution in [0.1, 0.15) is 41.1 Å². The fraction of sp³-hybridized carbons (Fsp3) is 0.571. The van der Waals surface area contributed by atoms with Crippen LogP contribution in [-0.2, 0) is 6.54 Å². The average molecular weight is 383 g/mol. The Labute approximate surface area is 166 Å². The van der Waals surface area contributed by atoms with Crippen molar-refractivity contribution in [2.24, 2.45) is 0 Å². The first-order chi connectivity index (χ1) is 13.5. The number of aryl methyl sites for hydroxylation is 2. The largest absolute Gasteiger partial charge is 0.369 e. The molecule has 2 aliphatic heterocycles. The van der Waals surface area contributed by atoms with Crippen molar-refractivity contribution in [3.05, 3.63) is 41.5 Å². The van der Waals surface area contributed by atoms with E-state index >= 15 is 0 Å². The maximum atomic E-state index is 12.8. The summed E-state index contributed by atoms with van der Waals surface area (Å²) in [7, 11) is 2.17. The van der Waals surface area contributed by atoms with E-state index in [9.17, 15) is 4.79 Å². The van der Waals surface area contributed by atoms with Gasteiger partial charge in [0.2, 0.25) is 0 Å². The first-order valence-electron chi connectivity index (χ1n) is 10.3. The van der Waals surface area contributed by atoms with Gasteiger partial charge in [-0.3, -0.25) is 14.5 Å². The molecule has 0 saturated carbocycles. The maximum absolute atomic E-state index is 12.8. The molecule has 0 spiro atoms. The molecule has 2 aliphatic rings. The van der Waals surface area contributed by atoms with Crippen molar-refractivity contribution in [3.63, 3.8) is 0 Å². The van der Waals surface area contributed by atoms with Gasteiger partial charge in [0.05, 0.1) is 0 Å². The minimum Gasteiger partial charge on any atom is -0.369 e. The molecule has 150 valence electrons. The molecule has 0 aromatic carbocycles. The molecule has 0 radical (unpaired) electrons. The molecule has 7 nitrogen and oxygen atoms in total. The van der Waals surface area contributed by atoms with Crippen molar-refractivity contribution in [1.82, 2.24) is 24.6 Å². The zero-order valence-electron chi connectivity index (χ0n) is 17.1. The lowest BCUT2D eigenvalue weighted by atomic mass is 10.0. The number of pyridine rings is 1. The number of nitrogens with zero attached hydrogens (tertiary/aromatic N) is 6. The van der Waals surface area contributed by atoms with E-state index in [4.69, 9.17) is 4.98 Å². The summed E-state index contributed by atoms with van der Waals surface area (Å²) in [6.07, 6.45) is 2.82. The lowest BCUT2D eigenvalue weighted by Gasteiger charge is -2.34. The number of carbonyl (C=O) groups is 1. The molecule has 0 aliphatic carbocycles. The lowest BCUT2D eigenvalue weighted by molar-refractivity contribution is 0.0784. The highest BCUT2D eigenvalue weighted by Gasteiger charge is 2.30. The molecule has 0 bridgehead atoms. The van der Waals surface area contributed by atoms with Gasteiger partial charge in [-0.15, -0.1) is 0 Å². The Balaban J connectivity index is 1.47. The zero-order valence-corrected chi connectivity index (χ0v) is 17.1. The van der Waals surface area contributed by atoms with Crippen molar-refractivity contribution >= 4 is 11.6 Å². The van der Waals surface area contributed by atoms with Crippen molar-refractivity contribution in [3.8, 4) is 0 Å². The Kier molecular flexibility index (Phi) is 5.35. The molecule has 0 unspecified atom stereocenters. The highest BCUT2D eigenvalue weighted by Crippen LogP contribution is 2.30. The summed E-state index contributed by atoms with van der Waals surface area (Å²) in [5, 5.41) is 4.37. The Hall–Kier alpha value is -2.41. The van der Waals surface area contributed by atoms with Crippen LogP contribution in [0.25, 0.3) is 0 Å². The summed E-state index contributed by atoms with van der Waals surface area (Å²) in [5.74, 6) is 0.324. The molecule has 4 rings (SSSR count). The Morgan fingerprint density at radius 2 is 1.96 bits per heavy atom. The number of likely N-dealkylation sites (N-methyl/N-ethyl adjacent to an activating group) is 1. The predicted molar refractivity (Wildman–Crippen MR) is 110 cm³/mol. The Morgan fingerprint density at radius 3 is 2.68 bits per heavy atom. The van der Waals surface area contributed by atoms with Gasteiger partial charge in [-0.1, -0.05) is 0 Å². The number of likely N-dealkylation sites (tertiary alicyclic amines) is 1. The molecule has 2 aromatic rings. The molecule has 2 saturated heterocycles. The third-order valence-corrected chi connectivity index (χ3v) is 5.90. The van der Waals surface area contributed by atoms with Crippen LogP contribution in [0.3, 0.4) is 0 Å². The second-order valence-corrected chi connectivity index (χ2v) is 7.98. The molecule has 1 amide bonds. The van der Waals surface area contributed by atoms with E-state index < -0.39 is 0 Å². The van der Waals surface area contributed by atoms with Gasteiger partial charge in [0.1, 0.15) is 5.69 Å². The van der Waals surface area contributed by atoms with E-state index in [-0.39, 0.29) is 5.91 Å². The molecule has 28 heavy (non-hydrogen) atoms. The van der Waals surface area contributed by atoms with E-state index in [0.29, 0.717) is 11.6 Å². The quantitative estimate of drug-likeness (QED) is 0.809. The van der Waals surface area contributed by atoms with Crippen molar-refractivity contribution in [1.29, 1.82) is 0 Å². The van der Waals surface area contributed by atoms with Crippen LogP contribution >= 0.6 is 0 Å². The summed E-state index contributed by atoms with van der Waals surface area (Å²) >= 11 is 0. The second kappa shape index (κ2) is 7.91. The van der Waals surface area contributed by atoms with E-state index in [1.54, 1.807) is 4.68 Å². The first kappa shape index (κ1) is 18.9. The normalized spacial score (nSPS) is 20.8. The maximum Gasteiger partial charge on any atom is 0.274 e. The van der Waals surface area contributed by atoms with Crippen molar-refractivity contribution < 1.29 is 4.79 Å². The van der Waals surface area contributed by atoms with Crippen LogP contribution in [0.4, 0.5) is 5.69 Å². The number of piperazine rings is 1. The van der Waals surface area contributed by atoms with Crippen LogP contribution in [0.15, 0.2) is 24.4 Å². The van der Waals surface area contributed by atoms with Gasteiger partial charge in [-0.05, 0) is 45.5 Å². The number of carbonyl (C=O) groups excluding carboxylic acids is 1. The standard InChI is InChI=1S/C21H30N6O/c1-4-27-8-6-19(23-27)21(28)26-7-5-17(15-26)20-14-18(13-16(2)22-20)25-11-9-24(3)10-12-25/h6,8,13-14,17H,4-5,7,9-12,15H2,1-3H3/t17-/m1/s1. The van der Waals surface area contributed by atoms with Gasteiger partial charge in [0.15, 0.2) is 0 Å². The summed E-state index contributed by atoms with van der Waals surface area (Å²) in [6, 6.07) is 6.24. The lowest BCUT2D eigenvalue weighted by Crippen LogP contribution is -2.44. The Bertz CT molecular complexity index is 839. The number of amides is 1. The molecule has 7 heteroatoms. The fourth-order valence-electron chi connectivity index (χ4n) is 4.13. The minimum atomic E-state index is 0.0293. The SMILES string of the molecule is CCn1ccc(C(=O)N2CC[C@@H](c3cc(N4CCN(C)CC4)cc(C)n3)C2)n1. The van der Waals surface area contributed by atoms with Gasteiger partial charge in [0.25, 0.3) is 5.91 Å². The predicted octanol–water partition coefficient (Wildman–Crippen LogP) is 1.99. The number of rotatable bonds is 4. The van der Waals surface area contributed by atoms with Crippen LogP contribution in [0.5, 0.6) is 0 Å². The minimum absolute atomic E-state index is 0.0293. The van der Waals surface area contributed by atoms with Crippen LogP contribution in [0, 0.1) is 6.92 Å². The molecule has 1 atom stereocenters. The summed E-state index contributed by atoms with van der Waals surface area (Å²) in [4.78, 5) is 24.3. The summed E-state index contributed by atoms with van der Waals surface area (Å²) in [6.45, 7) is 10.6. The van der Waals surface area contributed by atoms with Gasteiger partial charge < -0.3 is 14.7 Å². The van der Waals surface area contributed by atoms with E-state index in [2.05, 4.69) is 41.0 Å². The second-order valence-electron chi connectivity index (χ2n) is 7.98. The van der Waals surface area contributed by atoms with Gasteiger partial charge >= 0.3 is 0 Å². The fourth-order valence-corrected chi connectivity index (χ4v) is 4.13. The third-order valence-electron chi connectivity index (χ3n) is 5.90. The first-order valence-corrected chi connectivity index (χ1v) is 10.3. The van der Waals surface area contributed by atoms with Crippen molar-refractivity contribution in [2.75, 3.05) is 51.2 Å². The van der Waals surface area contributed by atoms with Crippen molar-refractivity contribution in [2.45, 2.75) is 32.7 Å². The molecule has 4 heterocycles. The molecule has 2 fully saturated rings. The highest BCUT2D eigenvalue weighted by atomic mass is 16.2. The number of hydrogen-bond acceptors (Lipinski definition) is 5. The topological polar surface area (TPSA) is 57.5 Å². The van der Waals surface area contributed by atoms with E-state index in [0.717, 1.165) is 63.6 Å². The molecular weight excluding hydrogens is 352 g/mol. The Morgan fingerprint density at radius 1 is 1.18 bits per heavy atom. The molecule has 0 N–H and O–H groups in total. The number of anilines is 1. The van der Waals surface area contributed by atoms with Crippen LogP contribution in [0.2, 0.25) is 0 Å². The number of hydrogen-bond donors (Lipinski definition) is 0. The van der Waals surface area contributed by atoms with E-state index in [1.165, 1.54) is 5.69 Å². The third kappa shape index (κ3) is 3.90. The highest BCUT2D eigenvalue weighted by molar-refractivity contribution is 5.92. The van der Waals surface area contributed by atoms with Gasteiger partial charge in [-0.2, -0.15) is 5.10 Å². The number of aromatic nitrogens is 3. The van der Waals surface area contributed by atoms with Gasteiger partial charge in [-0.25, -0.2) is 0 Å². The van der Waals surface area contributed by atoms with Crippen LogP contribution in [-0.4, -0.2) is 76.8 Å². The molecular formula is C21H30N6O. The summed E-state index contributed by atoms with van der Waals surface area (Å²) < 4.78 is 1.80. The summed E-state index contributed by atoms with van der Waals surface area (Å²) in [5.41, 5.74) is 3.97. The van der Waals surface area contributed by atoms with Gasteiger partial charge in [0, 0.05) is 75.0 Å².